The van der Waals surface area contributed by atoms with Crippen LogP contribution in [0.25, 0.3) is 11.4 Å². The van der Waals surface area contributed by atoms with E-state index in [1.54, 1.807) is 0 Å². The molecule has 2 aromatic rings. The molecule has 1 saturated heterocycles. The van der Waals surface area contributed by atoms with Gasteiger partial charge in [-0.05, 0) is 30.9 Å². The molecular weight excluding hydrogens is 264 g/mol. The minimum Gasteiger partial charge on any atom is -0.338 e. The summed E-state index contributed by atoms with van der Waals surface area (Å²) in [5.41, 5.74) is 7.79. The van der Waals surface area contributed by atoms with Gasteiger partial charge < -0.3 is 15.6 Å². The second kappa shape index (κ2) is 4.93. The van der Waals surface area contributed by atoms with Crippen LogP contribution >= 0.6 is 0 Å². The van der Waals surface area contributed by atoms with E-state index in [0.29, 0.717) is 18.3 Å². The summed E-state index contributed by atoms with van der Waals surface area (Å²) < 4.78 is 5.64. The number of benzene rings is 1. The maximum absolute atomic E-state index is 5.64. The number of hydrogen-bond donors (Lipinski definition) is 2. The predicted molar refractivity (Wildman–Crippen MR) is 79.5 cm³/mol. The lowest BCUT2D eigenvalue weighted by atomic mass is 9.80. The van der Waals surface area contributed by atoms with Gasteiger partial charge in [-0.15, -0.1) is 0 Å². The van der Waals surface area contributed by atoms with Crippen molar-refractivity contribution in [2.75, 3.05) is 13.1 Å². The van der Waals surface area contributed by atoms with Crippen molar-refractivity contribution in [1.29, 1.82) is 0 Å². The van der Waals surface area contributed by atoms with Crippen LogP contribution in [0.5, 0.6) is 0 Å². The maximum Gasteiger partial charge on any atom is 0.234 e. The molecule has 0 bridgehead atoms. The van der Waals surface area contributed by atoms with Crippen molar-refractivity contribution >= 4 is 0 Å². The molecular formula is C16H20N4O. The summed E-state index contributed by atoms with van der Waals surface area (Å²) in [5.74, 6) is 2.14. The van der Waals surface area contributed by atoms with Crippen molar-refractivity contribution in [2.45, 2.75) is 31.2 Å². The van der Waals surface area contributed by atoms with Gasteiger partial charge >= 0.3 is 0 Å². The highest BCUT2D eigenvalue weighted by Gasteiger charge is 2.51. The van der Waals surface area contributed by atoms with Gasteiger partial charge in [0.15, 0.2) is 0 Å². The number of aromatic nitrogens is 2. The van der Waals surface area contributed by atoms with E-state index in [-0.39, 0.29) is 5.41 Å². The average Bonchev–Trinajstić information content (AvgIpc) is 3.21. The van der Waals surface area contributed by atoms with Gasteiger partial charge in [0, 0.05) is 18.7 Å². The van der Waals surface area contributed by atoms with Crippen LogP contribution < -0.4 is 11.1 Å². The molecule has 2 atom stereocenters. The smallest absolute Gasteiger partial charge is 0.234 e. The van der Waals surface area contributed by atoms with Gasteiger partial charge in [0.2, 0.25) is 11.7 Å². The SMILES string of the molecule is NCc1ccc(-c2noc([C@@]34CCC[C@@H]3CNC4)n2)cc1. The summed E-state index contributed by atoms with van der Waals surface area (Å²) in [4.78, 5) is 4.70. The van der Waals surface area contributed by atoms with Crippen molar-refractivity contribution in [1.82, 2.24) is 15.5 Å². The number of hydrogen-bond acceptors (Lipinski definition) is 5. The third kappa shape index (κ3) is 2.00. The Labute approximate surface area is 123 Å². The van der Waals surface area contributed by atoms with Gasteiger partial charge in [-0.1, -0.05) is 35.8 Å². The van der Waals surface area contributed by atoms with Crippen molar-refractivity contribution in [3.63, 3.8) is 0 Å². The molecule has 2 fully saturated rings. The largest absolute Gasteiger partial charge is 0.338 e. The van der Waals surface area contributed by atoms with E-state index >= 15 is 0 Å². The molecule has 1 aromatic heterocycles. The predicted octanol–water partition coefficient (Wildman–Crippen LogP) is 1.84. The number of nitrogens with two attached hydrogens (primary N) is 1. The molecule has 5 nitrogen and oxygen atoms in total. The maximum atomic E-state index is 5.64. The highest BCUT2D eigenvalue weighted by atomic mass is 16.5. The van der Waals surface area contributed by atoms with Crippen LogP contribution in [0, 0.1) is 5.92 Å². The lowest BCUT2D eigenvalue weighted by Gasteiger charge is -2.22. The highest BCUT2D eigenvalue weighted by molar-refractivity contribution is 5.54. The van der Waals surface area contributed by atoms with Gasteiger partial charge in [0.25, 0.3) is 0 Å². The molecule has 1 aliphatic heterocycles. The Hall–Kier alpha value is -1.72. The van der Waals surface area contributed by atoms with Crippen LogP contribution in [0.1, 0.15) is 30.7 Å². The van der Waals surface area contributed by atoms with E-state index in [0.717, 1.165) is 36.5 Å². The number of rotatable bonds is 3. The lowest BCUT2D eigenvalue weighted by molar-refractivity contribution is 0.265. The van der Waals surface area contributed by atoms with Crippen molar-refractivity contribution < 1.29 is 4.52 Å². The Morgan fingerprint density at radius 3 is 3.00 bits per heavy atom. The van der Waals surface area contributed by atoms with Gasteiger partial charge in [-0.25, -0.2) is 0 Å². The molecule has 5 heteroatoms. The summed E-state index contributed by atoms with van der Waals surface area (Å²) in [6.45, 7) is 2.59. The molecule has 0 amide bonds. The Kier molecular flexibility index (Phi) is 3.05. The summed E-state index contributed by atoms with van der Waals surface area (Å²) >= 11 is 0. The highest BCUT2D eigenvalue weighted by Crippen LogP contribution is 2.47. The second-order valence-electron chi connectivity index (χ2n) is 6.20. The molecule has 1 aliphatic carbocycles. The molecule has 3 N–H and O–H groups in total. The minimum atomic E-state index is 0.0719. The first-order valence-corrected chi connectivity index (χ1v) is 7.66. The Balaban J connectivity index is 1.66. The first-order valence-electron chi connectivity index (χ1n) is 7.66. The zero-order valence-electron chi connectivity index (χ0n) is 12.0. The zero-order valence-corrected chi connectivity index (χ0v) is 12.0. The standard InChI is InChI=1S/C16H20N4O/c17-8-11-3-5-12(6-4-11)14-19-15(21-20-14)16-7-1-2-13(16)9-18-10-16/h3-6,13,18H,1-2,7-10,17H2/t13-,16-/m1/s1. The summed E-state index contributed by atoms with van der Waals surface area (Å²) in [7, 11) is 0. The molecule has 2 aliphatic rings. The topological polar surface area (TPSA) is 77.0 Å². The van der Waals surface area contributed by atoms with Crippen LogP contribution in [-0.2, 0) is 12.0 Å². The monoisotopic (exact) mass is 284 g/mol. The summed E-state index contributed by atoms with van der Waals surface area (Å²) in [6, 6.07) is 8.04. The fourth-order valence-corrected chi connectivity index (χ4v) is 3.83. The summed E-state index contributed by atoms with van der Waals surface area (Å²) in [5, 5.41) is 7.68. The Morgan fingerprint density at radius 1 is 1.33 bits per heavy atom. The molecule has 110 valence electrons. The van der Waals surface area contributed by atoms with E-state index in [1.807, 2.05) is 24.3 Å². The fourth-order valence-electron chi connectivity index (χ4n) is 3.83. The van der Waals surface area contributed by atoms with Gasteiger partial charge in [-0.3, -0.25) is 0 Å². The normalized spacial score (nSPS) is 28.0. The molecule has 21 heavy (non-hydrogen) atoms. The summed E-state index contributed by atoms with van der Waals surface area (Å²) in [6.07, 6.45) is 3.67. The molecule has 0 radical (unpaired) electrons. The van der Waals surface area contributed by atoms with Crippen LogP contribution in [0.4, 0.5) is 0 Å². The molecule has 1 aromatic carbocycles. The van der Waals surface area contributed by atoms with Crippen LogP contribution in [0.2, 0.25) is 0 Å². The van der Waals surface area contributed by atoms with Gasteiger partial charge in [0.1, 0.15) is 0 Å². The molecule has 1 saturated carbocycles. The van der Waals surface area contributed by atoms with E-state index in [2.05, 4.69) is 10.5 Å². The third-order valence-electron chi connectivity index (χ3n) is 5.09. The van der Waals surface area contributed by atoms with Crippen molar-refractivity contribution in [3.8, 4) is 11.4 Å². The van der Waals surface area contributed by atoms with Crippen LogP contribution in [0.15, 0.2) is 28.8 Å². The lowest BCUT2D eigenvalue weighted by Crippen LogP contribution is -2.31. The molecule has 0 unspecified atom stereocenters. The quantitative estimate of drug-likeness (QED) is 0.899. The third-order valence-corrected chi connectivity index (χ3v) is 5.09. The Bertz CT molecular complexity index is 624. The van der Waals surface area contributed by atoms with E-state index < -0.39 is 0 Å². The number of fused-ring (bicyclic) bond motifs is 1. The first kappa shape index (κ1) is 13.0. The zero-order chi connectivity index (χ0) is 14.3. The average molecular weight is 284 g/mol. The fraction of sp³-hybridized carbons (Fsp3) is 0.500. The molecule has 0 spiro atoms. The van der Waals surface area contributed by atoms with Crippen LogP contribution in [0.3, 0.4) is 0 Å². The Morgan fingerprint density at radius 2 is 2.19 bits per heavy atom. The second-order valence-corrected chi connectivity index (χ2v) is 6.20. The van der Waals surface area contributed by atoms with Gasteiger partial charge in [-0.2, -0.15) is 4.98 Å². The number of nitrogens with zero attached hydrogens (tertiary/aromatic N) is 2. The molecule has 2 heterocycles. The first-order chi connectivity index (χ1) is 10.3. The van der Waals surface area contributed by atoms with E-state index in [4.69, 9.17) is 15.2 Å². The van der Waals surface area contributed by atoms with Crippen molar-refractivity contribution in [3.05, 3.63) is 35.7 Å². The van der Waals surface area contributed by atoms with E-state index in [1.165, 1.54) is 12.8 Å². The van der Waals surface area contributed by atoms with Crippen molar-refractivity contribution in [2.24, 2.45) is 11.7 Å². The molecule has 4 rings (SSSR count). The minimum absolute atomic E-state index is 0.0719. The van der Waals surface area contributed by atoms with Crippen LogP contribution in [-0.4, -0.2) is 23.2 Å². The number of nitrogens with one attached hydrogen (secondary N) is 1. The van der Waals surface area contributed by atoms with E-state index in [9.17, 15) is 0 Å². The van der Waals surface area contributed by atoms with Gasteiger partial charge in [0.05, 0.1) is 5.41 Å².